The normalized spacial score (nSPS) is 12.6. The summed E-state index contributed by atoms with van der Waals surface area (Å²) in [6, 6.07) is 8.31. The summed E-state index contributed by atoms with van der Waals surface area (Å²) in [5, 5.41) is 4.86. The van der Waals surface area contributed by atoms with E-state index in [-0.39, 0.29) is 6.04 Å². The van der Waals surface area contributed by atoms with Crippen molar-refractivity contribution in [3.63, 3.8) is 0 Å². The van der Waals surface area contributed by atoms with E-state index in [9.17, 15) is 0 Å². The first-order valence-corrected chi connectivity index (χ1v) is 6.12. The zero-order valence-electron chi connectivity index (χ0n) is 9.81. The average molecular weight is 250 g/mol. The van der Waals surface area contributed by atoms with E-state index < -0.39 is 0 Å². The van der Waals surface area contributed by atoms with Gasteiger partial charge in [-0.25, -0.2) is 4.68 Å². The highest BCUT2D eigenvalue weighted by Gasteiger charge is 2.08. The fourth-order valence-electron chi connectivity index (χ4n) is 1.77. The molecule has 3 nitrogen and oxygen atoms in total. The summed E-state index contributed by atoms with van der Waals surface area (Å²) in [7, 11) is 0. The number of nitrogens with zero attached hydrogens (tertiary/aromatic N) is 2. The van der Waals surface area contributed by atoms with Crippen LogP contribution < -0.4 is 5.73 Å². The van der Waals surface area contributed by atoms with Crippen molar-refractivity contribution >= 4 is 11.6 Å². The minimum atomic E-state index is 0.183. The van der Waals surface area contributed by atoms with Crippen LogP contribution in [0.5, 0.6) is 0 Å². The monoisotopic (exact) mass is 249 g/mol. The van der Waals surface area contributed by atoms with Crippen LogP contribution in [0, 0.1) is 0 Å². The molecule has 1 aromatic heterocycles. The second kappa shape index (κ2) is 5.34. The molecule has 1 aromatic carbocycles. The van der Waals surface area contributed by atoms with Gasteiger partial charge in [0.15, 0.2) is 0 Å². The Balaban J connectivity index is 2.33. The van der Waals surface area contributed by atoms with Gasteiger partial charge in [-0.2, -0.15) is 5.10 Å². The van der Waals surface area contributed by atoms with Crippen molar-refractivity contribution in [3.05, 3.63) is 47.2 Å². The summed E-state index contributed by atoms with van der Waals surface area (Å²) in [5.74, 6) is 0. The van der Waals surface area contributed by atoms with Crippen molar-refractivity contribution in [2.45, 2.75) is 25.8 Å². The standard InChI is InChI=1S/C13H16ClN3/c1-2-12(15)7-10-5-3-4-6-13(10)17-9-11(14)8-16-17/h3-6,8-9,12H,2,7,15H2,1H3. The maximum atomic E-state index is 6.00. The van der Waals surface area contributed by atoms with E-state index in [1.165, 1.54) is 5.56 Å². The number of halogens is 1. The second-order valence-corrected chi connectivity index (χ2v) is 4.54. The highest BCUT2D eigenvalue weighted by Crippen LogP contribution is 2.17. The van der Waals surface area contributed by atoms with Crippen LogP contribution in [0.3, 0.4) is 0 Å². The summed E-state index contributed by atoms with van der Waals surface area (Å²) < 4.78 is 1.79. The van der Waals surface area contributed by atoms with Gasteiger partial charge in [0, 0.05) is 12.2 Å². The lowest BCUT2D eigenvalue weighted by molar-refractivity contribution is 0.642. The highest BCUT2D eigenvalue weighted by molar-refractivity contribution is 6.30. The van der Waals surface area contributed by atoms with Crippen LogP contribution >= 0.6 is 11.6 Å². The van der Waals surface area contributed by atoms with E-state index in [0.29, 0.717) is 5.02 Å². The Labute approximate surface area is 106 Å². The predicted molar refractivity (Wildman–Crippen MR) is 70.5 cm³/mol. The molecule has 0 spiro atoms. The summed E-state index contributed by atoms with van der Waals surface area (Å²) in [6.45, 7) is 2.10. The molecule has 90 valence electrons. The number of hydrogen-bond acceptors (Lipinski definition) is 2. The first-order chi connectivity index (χ1) is 8.20. The average Bonchev–Trinajstić information content (AvgIpc) is 2.76. The number of benzene rings is 1. The minimum Gasteiger partial charge on any atom is -0.327 e. The van der Waals surface area contributed by atoms with Gasteiger partial charge in [-0.05, 0) is 24.5 Å². The van der Waals surface area contributed by atoms with Crippen molar-refractivity contribution in [2.75, 3.05) is 0 Å². The highest BCUT2D eigenvalue weighted by atomic mass is 35.5. The molecule has 0 saturated carbocycles. The molecule has 0 fully saturated rings. The molecule has 0 radical (unpaired) electrons. The van der Waals surface area contributed by atoms with Gasteiger partial charge in [0.2, 0.25) is 0 Å². The number of hydrogen-bond donors (Lipinski definition) is 1. The molecule has 2 rings (SSSR count). The second-order valence-electron chi connectivity index (χ2n) is 4.10. The summed E-state index contributed by atoms with van der Waals surface area (Å²) >= 11 is 5.89. The Hall–Kier alpha value is -1.32. The van der Waals surface area contributed by atoms with E-state index in [1.807, 2.05) is 18.2 Å². The molecule has 0 saturated heterocycles. The fraction of sp³-hybridized carbons (Fsp3) is 0.308. The fourth-order valence-corrected chi connectivity index (χ4v) is 1.90. The smallest absolute Gasteiger partial charge is 0.0790 e. The lowest BCUT2D eigenvalue weighted by atomic mass is 10.0. The molecular weight excluding hydrogens is 234 g/mol. The lowest BCUT2D eigenvalue weighted by Crippen LogP contribution is -2.22. The molecule has 1 atom stereocenters. The minimum absolute atomic E-state index is 0.183. The third-order valence-electron chi connectivity index (χ3n) is 2.80. The van der Waals surface area contributed by atoms with Crippen LogP contribution in [-0.2, 0) is 6.42 Å². The Kier molecular flexibility index (Phi) is 3.82. The molecule has 17 heavy (non-hydrogen) atoms. The Morgan fingerprint density at radius 2 is 2.18 bits per heavy atom. The van der Waals surface area contributed by atoms with Gasteiger partial charge >= 0.3 is 0 Å². The predicted octanol–water partition coefficient (Wildman–Crippen LogP) is 2.81. The molecular formula is C13H16ClN3. The SMILES string of the molecule is CCC(N)Cc1ccccc1-n1cc(Cl)cn1. The summed E-state index contributed by atoms with van der Waals surface area (Å²) in [5.41, 5.74) is 8.24. The first-order valence-electron chi connectivity index (χ1n) is 5.74. The van der Waals surface area contributed by atoms with Crippen LogP contribution in [0.2, 0.25) is 5.02 Å². The van der Waals surface area contributed by atoms with Crippen LogP contribution in [0.25, 0.3) is 5.69 Å². The zero-order chi connectivity index (χ0) is 12.3. The molecule has 4 heteroatoms. The Morgan fingerprint density at radius 3 is 2.82 bits per heavy atom. The Bertz CT molecular complexity index is 493. The van der Waals surface area contributed by atoms with E-state index in [1.54, 1.807) is 17.1 Å². The maximum absolute atomic E-state index is 6.00. The molecule has 0 amide bonds. The zero-order valence-corrected chi connectivity index (χ0v) is 10.6. The van der Waals surface area contributed by atoms with Crippen molar-refractivity contribution in [1.29, 1.82) is 0 Å². The molecule has 0 aliphatic heterocycles. The molecule has 1 unspecified atom stereocenters. The molecule has 2 N–H and O–H groups in total. The third kappa shape index (κ3) is 2.87. The third-order valence-corrected chi connectivity index (χ3v) is 2.99. The molecule has 2 aromatic rings. The van der Waals surface area contributed by atoms with Crippen LogP contribution in [0.15, 0.2) is 36.7 Å². The molecule has 0 aliphatic rings. The van der Waals surface area contributed by atoms with E-state index in [2.05, 4.69) is 18.1 Å². The van der Waals surface area contributed by atoms with Crippen molar-refractivity contribution in [3.8, 4) is 5.69 Å². The quantitative estimate of drug-likeness (QED) is 0.906. The van der Waals surface area contributed by atoms with Crippen molar-refractivity contribution in [1.82, 2.24) is 9.78 Å². The number of nitrogens with two attached hydrogens (primary N) is 1. The van der Waals surface area contributed by atoms with Gasteiger partial charge in [-0.3, -0.25) is 0 Å². The van der Waals surface area contributed by atoms with Crippen molar-refractivity contribution < 1.29 is 0 Å². The van der Waals surface area contributed by atoms with Gasteiger partial charge in [0.25, 0.3) is 0 Å². The van der Waals surface area contributed by atoms with Gasteiger partial charge < -0.3 is 5.73 Å². The van der Waals surface area contributed by atoms with Crippen molar-refractivity contribution in [2.24, 2.45) is 5.73 Å². The number of para-hydroxylation sites is 1. The summed E-state index contributed by atoms with van der Waals surface area (Å²) in [4.78, 5) is 0. The maximum Gasteiger partial charge on any atom is 0.0790 e. The van der Waals surface area contributed by atoms with Gasteiger partial charge in [0.05, 0.1) is 16.9 Å². The summed E-state index contributed by atoms with van der Waals surface area (Å²) in [6.07, 6.45) is 5.26. The van der Waals surface area contributed by atoms with E-state index in [4.69, 9.17) is 17.3 Å². The van der Waals surface area contributed by atoms with E-state index >= 15 is 0 Å². The largest absolute Gasteiger partial charge is 0.327 e. The van der Waals surface area contributed by atoms with Crippen LogP contribution in [0.1, 0.15) is 18.9 Å². The van der Waals surface area contributed by atoms with Crippen LogP contribution in [0.4, 0.5) is 0 Å². The Morgan fingerprint density at radius 1 is 1.41 bits per heavy atom. The number of rotatable bonds is 4. The van der Waals surface area contributed by atoms with E-state index in [0.717, 1.165) is 18.5 Å². The lowest BCUT2D eigenvalue weighted by Gasteiger charge is -2.13. The molecule has 0 aliphatic carbocycles. The van der Waals surface area contributed by atoms with Gasteiger partial charge in [0.1, 0.15) is 0 Å². The number of aromatic nitrogens is 2. The van der Waals surface area contributed by atoms with Gasteiger partial charge in [-0.1, -0.05) is 36.7 Å². The topological polar surface area (TPSA) is 43.8 Å². The molecule has 0 bridgehead atoms. The molecule has 1 heterocycles. The van der Waals surface area contributed by atoms with Crippen LogP contribution in [-0.4, -0.2) is 15.8 Å². The first kappa shape index (κ1) is 12.1. The van der Waals surface area contributed by atoms with Gasteiger partial charge in [-0.15, -0.1) is 0 Å².